The predicted octanol–water partition coefficient (Wildman–Crippen LogP) is 6.06. The summed E-state index contributed by atoms with van der Waals surface area (Å²) in [5.74, 6) is 0.305. The lowest BCUT2D eigenvalue weighted by Gasteiger charge is -2.26. The molecule has 3 aromatic carbocycles. The third kappa shape index (κ3) is 7.72. The Labute approximate surface area is 248 Å². The Hall–Kier alpha value is -4.72. The molecule has 0 aliphatic rings. The van der Waals surface area contributed by atoms with Crippen LogP contribution in [0.4, 0.5) is 11.4 Å². The number of rotatable bonds is 12. The van der Waals surface area contributed by atoms with E-state index in [0.717, 1.165) is 50.6 Å². The van der Waals surface area contributed by atoms with E-state index in [1.807, 2.05) is 97.3 Å². The first-order valence-corrected chi connectivity index (χ1v) is 14.2. The van der Waals surface area contributed by atoms with Crippen LogP contribution in [0.2, 0.25) is 0 Å². The van der Waals surface area contributed by atoms with E-state index in [4.69, 9.17) is 11.5 Å². The van der Waals surface area contributed by atoms with Crippen molar-refractivity contribution in [1.29, 1.82) is 0 Å². The molecule has 42 heavy (non-hydrogen) atoms. The molecule has 0 unspecified atom stereocenters. The zero-order chi connectivity index (χ0) is 29.3. The Morgan fingerprint density at radius 2 is 0.952 bits per heavy atom. The minimum absolute atomic E-state index is 0.305. The van der Waals surface area contributed by atoms with E-state index in [1.165, 1.54) is 0 Å². The van der Waals surface area contributed by atoms with E-state index in [9.17, 15) is 5.11 Å². The second kappa shape index (κ2) is 13.8. The number of phenols is 1. The van der Waals surface area contributed by atoms with Crippen LogP contribution < -0.4 is 11.5 Å². The number of aromatic nitrogens is 2. The van der Waals surface area contributed by atoms with Gasteiger partial charge in [-0.25, -0.2) is 0 Å². The number of aryl methyl sites for hydroxylation is 1. The van der Waals surface area contributed by atoms with Crippen LogP contribution in [-0.2, 0) is 39.3 Å². The molecule has 0 saturated heterocycles. The number of pyridine rings is 2. The number of para-hydroxylation sites is 2. The number of hydrogen-bond acceptors (Lipinski definition) is 7. The Kier molecular flexibility index (Phi) is 9.44. The molecule has 0 bridgehead atoms. The van der Waals surface area contributed by atoms with Crippen molar-refractivity contribution in [2.24, 2.45) is 0 Å². The quantitative estimate of drug-likeness (QED) is 0.160. The summed E-state index contributed by atoms with van der Waals surface area (Å²) in [4.78, 5) is 13.6. The minimum atomic E-state index is 0.305. The lowest BCUT2D eigenvalue weighted by molar-refractivity contribution is 0.234. The van der Waals surface area contributed by atoms with Crippen molar-refractivity contribution < 1.29 is 5.11 Å². The summed E-state index contributed by atoms with van der Waals surface area (Å²) in [5.41, 5.74) is 21.0. The highest BCUT2D eigenvalue weighted by Gasteiger charge is 2.18. The second-order valence-electron chi connectivity index (χ2n) is 10.8. The maximum Gasteiger partial charge on any atom is 0.124 e. The Bertz CT molecular complexity index is 1480. The van der Waals surface area contributed by atoms with Gasteiger partial charge < -0.3 is 16.6 Å². The van der Waals surface area contributed by atoms with Gasteiger partial charge in [0.15, 0.2) is 0 Å². The van der Waals surface area contributed by atoms with Gasteiger partial charge in [0, 0.05) is 74.2 Å². The van der Waals surface area contributed by atoms with Crippen molar-refractivity contribution in [3.63, 3.8) is 0 Å². The van der Waals surface area contributed by atoms with Crippen molar-refractivity contribution in [3.8, 4) is 5.75 Å². The smallest absolute Gasteiger partial charge is 0.124 e. The van der Waals surface area contributed by atoms with Gasteiger partial charge in [-0.05, 0) is 54.4 Å². The molecule has 0 aliphatic carbocycles. The lowest BCUT2D eigenvalue weighted by Crippen LogP contribution is -2.25. The average Bonchev–Trinajstić information content (AvgIpc) is 2.99. The minimum Gasteiger partial charge on any atom is -0.507 e. The van der Waals surface area contributed by atoms with Crippen LogP contribution in [0.25, 0.3) is 0 Å². The van der Waals surface area contributed by atoms with Crippen LogP contribution in [0.3, 0.4) is 0 Å². The summed E-state index contributed by atoms with van der Waals surface area (Å²) < 4.78 is 0. The molecule has 0 fully saturated rings. The molecule has 0 radical (unpaired) electrons. The number of aromatic hydroxyl groups is 1. The standard InChI is InChI=1S/C35H38N6O/c1-26-18-29(22-40(24-31-12-6-8-16-38-31)20-27-10-2-4-14-33(27)36)35(42)30(19-26)23-41(25-32-13-7-9-17-39-32)21-28-11-3-5-15-34(28)37/h2-19,42H,20-25,36-37H2,1H3. The summed E-state index contributed by atoms with van der Waals surface area (Å²) in [6.07, 6.45) is 3.62. The van der Waals surface area contributed by atoms with E-state index < -0.39 is 0 Å². The van der Waals surface area contributed by atoms with Crippen LogP contribution in [0.5, 0.6) is 5.75 Å². The SMILES string of the molecule is Cc1cc(CN(Cc2ccccn2)Cc2ccccc2N)c(O)c(CN(Cc2ccccn2)Cc2ccccc2N)c1. The number of nitrogens with zero attached hydrogens (tertiary/aromatic N) is 4. The van der Waals surface area contributed by atoms with Crippen LogP contribution in [0.1, 0.15) is 39.2 Å². The van der Waals surface area contributed by atoms with Gasteiger partial charge in [0.25, 0.3) is 0 Å². The number of phenolic OH excluding ortho intramolecular Hbond substituents is 1. The highest BCUT2D eigenvalue weighted by Crippen LogP contribution is 2.30. The summed E-state index contributed by atoms with van der Waals surface area (Å²) in [6.45, 7) is 5.65. The topological polar surface area (TPSA) is 105 Å². The fourth-order valence-corrected chi connectivity index (χ4v) is 5.27. The maximum absolute atomic E-state index is 11.7. The van der Waals surface area contributed by atoms with E-state index >= 15 is 0 Å². The third-order valence-electron chi connectivity index (χ3n) is 7.32. The number of nitrogen functional groups attached to an aromatic ring is 2. The van der Waals surface area contributed by atoms with E-state index in [2.05, 4.69) is 38.8 Å². The van der Waals surface area contributed by atoms with Gasteiger partial charge in [-0.3, -0.25) is 19.8 Å². The van der Waals surface area contributed by atoms with E-state index in [1.54, 1.807) is 0 Å². The summed E-state index contributed by atoms with van der Waals surface area (Å²) >= 11 is 0. The molecule has 0 saturated carbocycles. The normalized spacial score (nSPS) is 11.3. The number of nitrogens with two attached hydrogens (primary N) is 2. The first kappa shape index (κ1) is 28.8. The molecule has 7 heteroatoms. The van der Waals surface area contributed by atoms with Crippen molar-refractivity contribution in [2.75, 3.05) is 11.5 Å². The predicted molar refractivity (Wildman–Crippen MR) is 169 cm³/mol. The molecule has 5 rings (SSSR count). The number of hydrogen-bond donors (Lipinski definition) is 3. The van der Waals surface area contributed by atoms with E-state index in [0.29, 0.717) is 45.0 Å². The highest BCUT2D eigenvalue weighted by molar-refractivity contribution is 5.48. The highest BCUT2D eigenvalue weighted by atomic mass is 16.3. The van der Waals surface area contributed by atoms with Crippen molar-refractivity contribution in [1.82, 2.24) is 19.8 Å². The first-order chi connectivity index (χ1) is 20.4. The molecule has 7 nitrogen and oxygen atoms in total. The van der Waals surface area contributed by atoms with Crippen molar-refractivity contribution in [3.05, 3.63) is 149 Å². The summed E-state index contributed by atoms with van der Waals surface area (Å²) in [6, 6.07) is 31.8. The lowest BCUT2D eigenvalue weighted by atomic mass is 10.0. The molecule has 2 aromatic heterocycles. The molecule has 5 N–H and O–H groups in total. The molecule has 0 spiro atoms. The molecular formula is C35H38N6O. The number of anilines is 2. The Morgan fingerprint density at radius 3 is 1.36 bits per heavy atom. The van der Waals surface area contributed by atoms with Gasteiger partial charge in [-0.2, -0.15) is 0 Å². The van der Waals surface area contributed by atoms with Gasteiger partial charge in [0.2, 0.25) is 0 Å². The van der Waals surface area contributed by atoms with Crippen molar-refractivity contribution >= 4 is 11.4 Å². The Morgan fingerprint density at radius 1 is 0.548 bits per heavy atom. The molecule has 0 atom stereocenters. The molecule has 0 amide bonds. The fourth-order valence-electron chi connectivity index (χ4n) is 5.27. The summed E-state index contributed by atoms with van der Waals surface area (Å²) in [5, 5.41) is 11.7. The molecule has 5 aromatic rings. The monoisotopic (exact) mass is 558 g/mol. The maximum atomic E-state index is 11.7. The van der Waals surface area contributed by atoms with Gasteiger partial charge in [-0.1, -0.05) is 66.2 Å². The molecule has 2 heterocycles. The molecular weight excluding hydrogens is 520 g/mol. The summed E-state index contributed by atoms with van der Waals surface area (Å²) in [7, 11) is 0. The average molecular weight is 559 g/mol. The second-order valence-corrected chi connectivity index (χ2v) is 10.8. The van der Waals surface area contributed by atoms with Crippen LogP contribution in [0, 0.1) is 6.92 Å². The third-order valence-corrected chi connectivity index (χ3v) is 7.32. The largest absolute Gasteiger partial charge is 0.507 e. The fraction of sp³-hybridized carbons (Fsp3) is 0.200. The van der Waals surface area contributed by atoms with E-state index in [-0.39, 0.29) is 0 Å². The Balaban J connectivity index is 1.43. The molecule has 0 aliphatic heterocycles. The van der Waals surface area contributed by atoms with Gasteiger partial charge >= 0.3 is 0 Å². The van der Waals surface area contributed by atoms with Crippen LogP contribution >= 0.6 is 0 Å². The van der Waals surface area contributed by atoms with Crippen molar-refractivity contribution in [2.45, 2.75) is 46.2 Å². The molecule has 214 valence electrons. The van der Waals surface area contributed by atoms with Gasteiger partial charge in [0.05, 0.1) is 11.4 Å². The zero-order valence-electron chi connectivity index (χ0n) is 24.0. The van der Waals surface area contributed by atoms with Gasteiger partial charge in [-0.15, -0.1) is 0 Å². The zero-order valence-corrected chi connectivity index (χ0v) is 24.0. The number of benzene rings is 3. The van der Waals surface area contributed by atoms with Gasteiger partial charge in [0.1, 0.15) is 5.75 Å². The first-order valence-electron chi connectivity index (χ1n) is 14.2. The van der Waals surface area contributed by atoms with Crippen LogP contribution in [-0.4, -0.2) is 24.9 Å². The van der Waals surface area contributed by atoms with Crippen LogP contribution in [0.15, 0.2) is 109 Å².